The van der Waals surface area contributed by atoms with Gasteiger partial charge in [-0.15, -0.1) is 0 Å². The minimum absolute atomic E-state index is 0.835. The van der Waals surface area contributed by atoms with E-state index in [1.165, 1.54) is 42.4 Å². The number of rotatable bonds is 3. The molecule has 2 nitrogen and oxygen atoms in total. The van der Waals surface area contributed by atoms with Crippen molar-refractivity contribution in [3.8, 4) is 0 Å². The minimum atomic E-state index is 0.835. The molecule has 0 saturated heterocycles. The molecular weight excluding hydrogens is 300 g/mol. The zero-order valence-corrected chi connectivity index (χ0v) is 12.4. The zero-order valence-electron chi connectivity index (χ0n) is 10.8. The van der Waals surface area contributed by atoms with Crippen LogP contribution < -0.4 is 5.32 Å². The molecule has 0 saturated carbocycles. The van der Waals surface area contributed by atoms with Gasteiger partial charge < -0.3 is 5.32 Å². The molecular formula is C16H17BrN2. The molecule has 1 aliphatic rings. The molecule has 0 unspecified atom stereocenters. The first-order chi connectivity index (χ1) is 9.31. The Hall–Kier alpha value is -1.35. The molecule has 0 aliphatic heterocycles. The van der Waals surface area contributed by atoms with Crippen LogP contribution in [0, 0.1) is 0 Å². The van der Waals surface area contributed by atoms with Crippen LogP contribution >= 0.6 is 15.9 Å². The summed E-state index contributed by atoms with van der Waals surface area (Å²) < 4.78 is 1.01. The van der Waals surface area contributed by atoms with Crippen LogP contribution in [-0.2, 0) is 19.4 Å². The van der Waals surface area contributed by atoms with Gasteiger partial charge in [0.1, 0.15) is 5.82 Å². The van der Waals surface area contributed by atoms with E-state index in [4.69, 9.17) is 0 Å². The van der Waals surface area contributed by atoms with Crippen LogP contribution in [0.5, 0.6) is 0 Å². The van der Waals surface area contributed by atoms with Gasteiger partial charge in [-0.05, 0) is 70.4 Å². The number of anilines is 1. The van der Waals surface area contributed by atoms with Crippen LogP contribution in [0.4, 0.5) is 5.82 Å². The number of aryl methyl sites for hydroxylation is 2. The molecule has 3 heteroatoms. The Kier molecular flexibility index (Phi) is 3.83. The number of fused-ring (bicyclic) bond motifs is 1. The van der Waals surface area contributed by atoms with E-state index in [0.717, 1.165) is 16.8 Å². The summed E-state index contributed by atoms with van der Waals surface area (Å²) in [5.74, 6) is 0.918. The second-order valence-electron chi connectivity index (χ2n) is 5.03. The Bertz CT molecular complexity index is 563. The summed E-state index contributed by atoms with van der Waals surface area (Å²) in [5, 5.41) is 3.36. The summed E-state index contributed by atoms with van der Waals surface area (Å²) in [7, 11) is 0. The summed E-state index contributed by atoms with van der Waals surface area (Å²) in [5.41, 5.74) is 4.41. The highest BCUT2D eigenvalue weighted by Gasteiger charge is 2.09. The topological polar surface area (TPSA) is 24.9 Å². The lowest BCUT2D eigenvalue weighted by Gasteiger charge is -2.16. The molecule has 1 N–H and O–H groups in total. The molecule has 0 fully saturated rings. The molecule has 98 valence electrons. The first kappa shape index (κ1) is 12.7. The largest absolute Gasteiger partial charge is 0.366 e. The van der Waals surface area contributed by atoms with E-state index in [2.05, 4.69) is 44.4 Å². The number of nitrogens with one attached hydrogen (secondary N) is 1. The van der Waals surface area contributed by atoms with E-state index in [0.29, 0.717) is 0 Å². The summed E-state index contributed by atoms with van der Waals surface area (Å²) >= 11 is 3.39. The zero-order chi connectivity index (χ0) is 13.1. The van der Waals surface area contributed by atoms with Gasteiger partial charge in [0.15, 0.2) is 0 Å². The van der Waals surface area contributed by atoms with Crippen LogP contribution in [0.25, 0.3) is 0 Å². The van der Waals surface area contributed by atoms with E-state index >= 15 is 0 Å². The van der Waals surface area contributed by atoms with Crippen LogP contribution in [0.1, 0.15) is 29.5 Å². The monoisotopic (exact) mass is 316 g/mol. The number of nitrogens with zero attached hydrogens (tertiary/aromatic N) is 1. The summed E-state index contributed by atoms with van der Waals surface area (Å²) in [4.78, 5) is 4.32. The van der Waals surface area contributed by atoms with Gasteiger partial charge >= 0.3 is 0 Å². The maximum Gasteiger partial charge on any atom is 0.126 e. The SMILES string of the molecule is Brc1ccc(NCc2ccc3c(c2)CCCC3)nc1. The van der Waals surface area contributed by atoms with Gasteiger partial charge in [-0.25, -0.2) is 4.98 Å². The number of benzene rings is 1. The number of halogens is 1. The predicted octanol–water partition coefficient (Wildman–Crippen LogP) is 4.34. The molecule has 1 aliphatic carbocycles. The molecule has 1 aromatic carbocycles. The van der Waals surface area contributed by atoms with Gasteiger partial charge in [-0.1, -0.05) is 18.2 Å². The lowest BCUT2D eigenvalue weighted by atomic mass is 9.90. The number of hydrogen-bond acceptors (Lipinski definition) is 2. The Labute approximate surface area is 122 Å². The Morgan fingerprint density at radius 2 is 1.89 bits per heavy atom. The number of hydrogen-bond donors (Lipinski definition) is 1. The molecule has 2 aromatic rings. The van der Waals surface area contributed by atoms with Crippen LogP contribution in [-0.4, -0.2) is 4.98 Å². The van der Waals surface area contributed by atoms with Crippen molar-refractivity contribution >= 4 is 21.7 Å². The van der Waals surface area contributed by atoms with Gasteiger partial charge in [0.25, 0.3) is 0 Å². The molecule has 19 heavy (non-hydrogen) atoms. The Morgan fingerprint density at radius 1 is 1.05 bits per heavy atom. The second kappa shape index (κ2) is 5.74. The predicted molar refractivity (Wildman–Crippen MR) is 82.3 cm³/mol. The van der Waals surface area contributed by atoms with Crippen molar-refractivity contribution in [3.05, 3.63) is 57.7 Å². The first-order valence-electron chi connectivity index (χ1n) is 6.77. The first-order valence-corrected chi connectivity index (χ1v) is 7.57. The van der Waals surface area contributed by atoms with E-state index in [1.54, 1.807) is 0 Å². The quantitative estimate of drug-likeness (QED) is 0.911. The fourth-order valence-electron chi connectivity index (χ4n) is 2.57. The second-order valence-corrected chi connectivity index (χ2v) is 5.94. The van der Waals surface area contributed by atoms with Crippen molar-refractivity contribution in [2.75, 3.05) is 5.32 Å². The van der Waals surface area contributed by atoms with Gasteiger partial charge in [0.05, 0.1) is 0 Å². The van der Waals surface area contributed by atoms with Crippen LogP contribution in [0.15, 0.2) is 41.0 Å². The molecule has 1 heterocycles. The average molecular weight is 317 g/mol. The van der Waals surface area contributed by atoms with Crippen LogP contribution in [0.3, 0.4) is 0 Å². The van der Waals surface area contributed by atoms with Crippen molar-refractivity contribution in [3.63, 3.8) is 0 Å². The van der Waals surface area contributed by atoms with Crippen molar-refractivity contribution in [1.82, 2.24) is 4.98 Å². The summed E-state index contributed by atoms with van der Waals surface area (Å²) in [6.07, 6.45) is 6.97. The highest BCUT2D eigenvalue weighted by Crippen LogP contribution is 2.22. The van der Waals surface area contributed by atoms with Crippen LogP contribution in [0.2, 0.25) is 0 Å². The third kappa shape index (κ3) is 3.16. The number of pyridine rings is 1. The molecule has 0 spiro atoms. The van der Waals surface area contributed by atoms with Crippen molar-refractivity contribution in [2.45, 2.75) is 32.2 Å². The molecule has 0 radical (unpaired) electrons. The maximum atomic E-state index is 4.32. The molecule has 0 atom stereocenters. The van der Waals surface area contributed by atoms with E-state index < -0.39 is 0 Å². The minimum Gasteiger partial charge on any atom is -0.366 e. The molecule has 1 aromatic heterocycles. The Morgan fingerprint density at radius 3 is 2.68 bits per heavy atom. The Balaban J connectivity index is 1.68. The lowest BCUT2D eigenvalue weighted by Crippen LogP contribution is -2.06. The van der Waals surface area contributed by atoms with E-state index in [-0.39, 0.29) is 0 Å². The van der Waals surface area contributed by atoms with Gasteiger partial charge in [0.2, 0.25) is 0 Å². The fourth-order valence-corrected chi connectivity index (χ4v) is 2.80. The highest BCUT2D eigenvalue weighted by molar-refractivity contribution is 9.10. The van der Waals surface area contributed by atoms with E-state index in [9.17, 15) is 0 Å². The third-order valence-corrected chi connectivity index (χ3v) is 4.08. The number of aromatic nitrogens is 1. The standard InChI is InChI=1S/C16H17BrN2/c17-15-7-8-16(19-11-15)18-10-12-5-6-13-3-1-2-4-14(13)9-12/h5-9,11H,1-4,10H2,(H,18,19). The fraction of sp³-hybridized carbons (Fsp3) is 0.312. The van der Waals surface area contributed by atoms with Gasteiger partial charge in [-0.3, -0.25) is 0 Å². The summed E-state index contributed by atoms with van der Waals surface area (Å²) in [6, 6.07) is 10.9. The summed E-state index contributed by atoms with van der Waals surface area (Å²) in [6.45, 7) is 0.835. The highest BCUT2D eigenvalue weighted by atomic mass is 79.9. The van der Waals surface area contributed by atoms with Gasteiger partial charge in [-0.2, -0.15) is 0 Å². The van der Waals surface area contributed by atoms with Crippen molar-refractivity contribution < 1.29 is 0 Å². The van der Waals surface area contributed by atoms with Crippen molar-refractivity contribution in [2.24, 2.45) is 0 Å². The van der Waals surface area contributed by atoms with Crippen molar-refractivity contribution in [1.29, 1.82) is 0 Å². The molecule has 0 bridgehead atoms. The normalized spacial score (nSPS) is 13.9. The average Bonchev–Trinajstić information content (AvgIpc) is 2.46. The third-order valence-electron chi connectivity index (χ3n) is 3.61. The molecule has 0 amide bonds. The lowest BCUT2D eigenvalue weighted by molar-refractivity contribution is 0.684. The van der Waals surface area contributed by atoms with E-state index in [1.807, 2.05) is 18.3 Å². The molecule has 3 rings (SSSR count). The van der Waals surface area contributed by atoms with Gasteiger partial charge in [0, 0.05) is 17.2 Å². The smallest absolute Gasteiger partial charge is 0.126 e. The maximum absolute atomic E-state index is 4.32.